The van der Waals surface area contributed by atoms with Crippen molar-refractivity contribution in [2.45, 2.75) is 50.4 Å². The smallest absolute Gasteiger partial charge is 0.251 e. The van der Waals surface area contributed by atoms with Crippen LogP contribution >= 0.6 is 0 Å². The fraction of sp³-hybridized carbons (Fsp3) is 0.938. The van der Waals surface area contributed by atoms with Crippen molar-refractivity contribution >= 4 is 5.91 Å². The SMILES string of the molecule is CN(C)C(=O)[C@@H]1CC[C@H]2[C@H](CCN2CC2CCOCC2)O1. The Morgan fingerprint density at radius 1 is 1.14 bits per heavy atom. The van der Waals surface area contributed by atoms with Crippen LogP contribution in [0.4, 0.5) is 0 Å². The van der Waals surface area contributed by atoms with Gasteiger partial charge in [0.2, 0.25) is 0 Å². The molecule has 3 atom stereocenters. The zero-order valence-corrected chi connectivity index (χ0v) is 13.3. The highest BCUT2D eigenvalue weighted by Crippen LogP contribution is 2.33. The molecule has 0 bridgehead atoms. The molecular formula is C16H28N2O3. The first-order chi connectivity index (χ1) is 10.1. The summed E-state index contributed by atoms with van der Waals surface area (Å²) in [5.41, 5.74) is 0. The number of amides is 1. The van der Waals surface area contributed by atoms with Crippen LogP contribution in [0.1, 0.15) is 32.1 Å². The fourth-order valence-electron chi connectivity index (χ4n) is 3.97. The van der Waals surface area contributed by atoms with E-state index in [1.165, 1.54) is 19.4 Å². The minimum absolute atomic E-state index is 0.122. The molecule has 0 aromatic carbocycles. The summed E-state index contributed by atoms with van der Waals surface area (Å²) in [5.74, 6) is 0.898. The molecule has 3 aliphatic rings. The predicted octanol–water partition coefficient (Wildman–Crippen LogP) is 1.12. The summed E-state index contributed by atoms with van der Waals surface area (Å²) in [5, 5.41) is 0. The Morgan fingerprint density at radius 3 is 2.62 bits per heavy atom. The zero-order chi connectivity index (χ0) is 14.8. The third-order valence-electron chi connectivity index (χ3n) is 5.21. The summed E-state index contributed by atoms with van der Waals surface area (Å²) in [6.45, 7) is 4.14. The molecule has 1 amide bonds. The molecule has 3 saturated heterocycles. The average Bonchev–Trinajstić information content (AvgIpc) is 2.90. The molecule has 0 aliphatic carbocycles. The van der Waals surface area contributed by atoms with Crippen molar-refractivity contribution in [2.24, 2.45) is 5.92 Å². The number of hydrogen-bond acceptors (Lipinski definition) is 4. The molecule has 3 rings (SSSR count). The Morgan fingerprint density at radius 2 is 1.90 bits per heavy atom. The summed E-state index contributed by atoms with van der Waals surface area (Å²) >= 11 is 0. The monoisotopic (exact) mass is 296 g/mol. The first-order valence-electron chi connectivity index (χ1n) is 8.33. The van der Waals surface area contributed by atoms with E-state index >= 15 is 0 Å². The van der Waals surface area contributed by atoms with Crippen molar-refractivity contribution in [2.75, 3.05) is 40.4 Å². The topological polar surface area (TPSA) is 42.0 Å². The zero-order valence-electron chi connectivity index (χ0n) is 13.3. The average molecular weight is 296 g/mol. The van der Waals surface area contributed by atoms with Gasteiger partial charge in [-0.05, 0) is 38.0 Å². The normalized spacial score (nSPS) is 34.7. The summed E-state index contributed by atoms with van der Waals surface area (Å²) in [6.07, 6.45) is 5.45. The maximum Gasteiger partial charge on any atom is 0.251 e. The quantitative estimate of drug-likeness (QED) is 0.783. The summed E-state index contributed by atoms with van der Waals surface area (Å²) in [6, 6.07) is 0.527. The van der Waals surface area contributed by atoms with Crippen LogP contribution in [0.2, 0.25) is 0 Å². The van der Waals surface area contributed by atoms with Gasteiger partial charge in [0, 0.05) is 46.4 Å². The molecule has 120 valence electrons. The van der Waals surface area contributed by atoms with Gasteiger partial charge in [0.15, 0.2) is 0 Å². The van der Waals surface area contributed by atoms with Gasteiger partial charge in [-0.3, -0.25) is 9.69 Å². The van der Waals surface area contributed by atoms with Gasteiger partial charge in [-0.15, -0.1) is 0 Å². The molecule has 5 nitrogen and oxygen atoms in total. The summed E-state index contributed by atoms with van der Waals surface area (Å²) in [4.78, 5) is 16.3. The van der Waals surface area contributed by atoms with Gasteiger partial charge in [0.1, 0.15) is 6.10 Å². The van der Waals surface area contributed by atoms with E-state index in [9.17, 15) is 4.79 Å². The fourth-order valence-corrected chi connectivity index (χ4v) is 3.97. The van der Waals surface area contributed by atoms with Crippen LogP contribution in [-0.4, -0.2) is 74.4 Å². The third kappa shape index (κ3) is 3.41. The van der Waals surface area contributed by atoms with Gasteiger partial charge in [-0.25, -0.2) is 0 Å². The molecule has 0 unspecified atom stereocenters. The minimum Gasteiger partial charge on any atom is -0.381 e. The summed E-state index contributed by atoms with van der Waals surface area (Å²) in [7, 11) is 3.62. The van der Waals surface area contributed by atoms with E-state index in [0.29, 0.717) is 6.04 Å². The number of likely N-dealkylation sites (tertiary alicyclic amines) is 1. The Kier molecular flexibility index (Phi) is 4.82. The lowest BCUT2D eigenvalue weighted by molar-refractivity contribution is -0.152. The highest BCUT2D eigenvalue weighted by atomic mass is 16.5. The lowest BCUT2D eigenvalue weighted by Gasteiger charge is -2.37. The van der Waals surface area contributed by atoms with E-state index in [1.54, 1.807) is 4.90 Å². The minimum atomic E-state index is -0.218. The van der Waals surface area contributed by atoms with E-state index in [-0.39, 0.29) is 18.1 Å². The molecule has 0 radical (unpaired) electrons. The van der Waals surface area contributed by atoms with E-state index in [4.69, 9.17) is 9.47 Å². The van der Waals surface area contributed by atoms with Gasteiger partial charge < -0.3 is 14.4 Å². The maximum atomic E-state index is 12.1. The molecule has 0 saturated carbocycles. The van der Waals surface area contributed by atoms with Crippen molar-refractivity contribution in [1.82, 2.24) is 9.80 Å². The molecule has 0 aromatic rings. The van der Waals surface area contributed by atoms with Gasteiger partial charge in [0.05, 0.1) is 6.10 Å². The van der Waals surface area contributed by atoms with E-state index in [1.807, 2.05) is 14.1 Å². The Balaban J connectivity index is 1.53. The number of carbonyl (C=O) groups excluding carboxylic acids is 1. The van der Waals surface area contributed by atoms with Crippen molar-refractivity contribution in [1.29, 1.82) is 0 Å². The van der Waals surface area contributed by atoms with E-state index < -0.39 is 0 Å². The number of fused-ring (bicyclic) bond motifs is 1. The lowest BCUT2D eigenvalue weighted by atomic mass is 9.96. The second-order valence-corrected chi connectivity index (χ2v) is 6.88. The van der Waals surface area contributed by atoms with Crippen LogP contribution in [0.15, 0.2) is 0 Å². The lowest BCUT2D eigenvalue weighted by Crippen LogP contribution is -2.48. The highest BCUT2D eigenvalue weighted by Gasteiger charge is 2.42. The van der Waals surface area contributed by atoms with Crippen LogP contribution in [0.3, 0.4) is 0 Å². The van der Waals surface area contributed by atoms with Gasteiger partial charge in [0.25, 0.3) is 5.91 Å². The van der Waals surface area contributed by atoms with Crippen LogP contribution in [-0.2, 0) is 14.3 Å². The molecule has 0 aromatic heterocycles. The van der Waals surface area contributed by atoms with Crippen molar-refractivity contribution in [3.8, 4) is 0 Å². The molecule has 0 spiro atoms. The second kappa shape index (κ2) is 6.63. The van der Waals surface area contributed by atoms with Crippen molar-refractivity contribution in [3.05, 3.63) is 0 Å². The van der Waals surface area contributed by atoms with Gasteiger partial charge in [-0.1, -0.05) is 0 Å². The third-order valence-corrected chi connectivity index (χ3v) is 5.21. The van der Waals surface area contributed by atoms with Gasteiger partial charge in [-0.2, -0.15) is 0 Å². The van der Waals surface area contributed by atoms with E-state index in [0.717, 1.165) is 44.9 Å². The Labute approximate surface area is 127 Å². The first kappa shape index (κ1) is 15.3. The molecule has 0 N–H and O–H groups in total. The number of ether oxygens (including phenoxy) is 2. The second-order valence-electron chi connectivity index (χ2n) is 6.88. The Hall–Kier alpha value is -0.650. The van der Waals surface area contributed by atoms with Crippen LogP contribution in [0, 0.1) is 5.92 Å². The number of rotatable bonds is 3. The van der Waals surface area contributed by atoms with Crippen LogP contribution in [0.25, 0.3) is 0 Å². The first-order valence-corrected chi connectivity index (χ1v) is 8.33. The molecule has 3 heterocycles. The molecule has 3 fully saturated rings. The predicted molar refractivity (Wildman–Crippen MR) is 80.1 cm³/mol. The van der Waals surface area contributed by atoms with Crippen LogP contribution < -0.4 is 0 Å². The highest BCUT2D eigenvalue weighted by molar-refractivity contribution is 5.80. The molecule has 3 aliphatic heterocycles. The van der Waals surface area contributed by atoms with Gasteiger partial charge >= 0.3 is 0 Å². The number of nitrogens with zero attached hydrogens (tertiary/aromatic N) is 2. The molecular weight excluding hydrogens is 268 g/mol. The molecule has 5 heteroatoms. The number of likely N-dealkylation sites (N-methyl/N-ethyl adjacent to an activating group) is 1. The maximum absolute atomic E-state index is 12.1. The van der Waals surface area contributed by atoms with Crippen LogP contribution in [0.5, 0.6) is 0 Å². The number of carbonyl (C=O) groups is 1. The van der Waals surface area contributed by atoms with Crippen molar-refractivity contribution in [3.63, 3.8) is 0 Å². The Bertz CT molecular complexity index is 369. The largest absolute Gasteiger partial charge is 0.381 e. The standard InChI is InChI=1S/C16H28N2O3/c1-17(2)16(19)15-4-3-13-14(21-15)5-8-18(13)11-12-6-9-20-10-7-12/h12-15H,3-11H2,1-2H3/t13-,14-,15-/m0/s1. The summed E-state index contributed by atoms with van der Waals surface area (Å²) < 4.78 is 11.5. The number of hydrogen-bond donors (Lipinski definition) is 0. The van der Waals surface area contributed by atoms with E-state index in [2.05, 4.69) is 4.90 Å². The molecule has 21 heavy (non-hydrogen) atoms. The van der Waals surface area contributed by atoms with Crippen molar-refractivity contribution < 1.29 is 14.3 Å².